The van der Waals surface area contributed by atoms with Crippen LogP contribution in [0.25, 0.3) is 0 Å². The van der Waals surface area contributed by atoms with E-state index in [1.807, 2.05) is 36.4 Å². The Labute approximate surface area is 197 Å². The van der Waals surface area contributed by atoms with Gasteiger partial charge in [-0.2, -0.15) is 8.78 Å². The number of carbonyl (C=O) groups excluding carboxylic acids is 1. The minimum atomic E-state index is -3.63. The average molecular weight is 468 g/mol. The molecule has 0 unspecified atom stereocenters. The lowest BCUT2D eigenvalue weighted by Gasteiger charge is -2.40. The molecule has 0 N–H and O–H groups in total. The normalized spacial score (nSPS) is 21.7. The summed E-state index contributed by atoms with van der Waals surface area (Å²) in [6.07, 6.45) is -5.10. The number of halogens is 2. The maximum absolute atomic E-state index is 15.6. The van der Waals surface area contributed by atoms with E-state index in [0.717, 1.165) is 11.1 Å². The molecule has 1 aliphatic rings. The monoisotopic (exact) mass is 468 g/mol. The second-order valence-electron chi connectivity index (χ2n) is 8.04. The first-order chi connectivity index (χ1) is 16.5. The molecule has 1 aliphatic heterocycles. The van der Waals surface area contributed by atoms with Crippen LogP contribution in [0.5, 0.6) is 0 Å². The van der Waals surface area contributed by atoms with Crippen LogP contribution < -0.4 is 0 Å². The molecule has 0 radical (unpaired) electrons. The molecule has 3 aromatic carbocycles. The van der Waals surface area contributed by atoms with E-state index in [2.05, 4.69) is 0 Å². The van der Waals surface area contributed by atoms with Gasteiger partial charge in [-0.1, -0.05) is 91.0 Å². The average Bonchev–Trinajstić information content (AvgIpc) is 2.85. The highest BCUT2D eigenvalue weighted by molar-refractivity contribution is 5.77. The predicted octanol–water partition coefficient (Wildman–Crippen LogP) is 4.93. The van der Waals surface area contributed by atoms with Crippen molar-refractivity contribution in [2.24, 2.45) is 0 Å². The number of cyclic esters (lactones) is 1. The van der Waals surface area contributed by atoms with E-state index in [1.54, 1.807) is 54.6 Å². The fraction of sp³-hybridized carbons (Fsp3) is 0.296. The van der Waals surface area contributed by atoms with E-state index in [1.165, 1.54) is 0 Å². The van der Waals surface area contributed by atoms with Crippen LogP contribution in [0.3, 0.4) is 0 Å². The summed E-state index contributed by atoms with van der Waals surface area (Å²) in [5.74, 6) is -4.76. The molecule has 0 saturated carbocycles. The molecule has 0 spiro atoms. The van der Waals surface area contributed by atoms with Gasteiger partial charge in [-0.25, -0.2) is 4.79 Å². The molecule has 4 rings (SSSR count). The molecule has 7 heteroatoms. The van der Waals surface area contributed by atoms with Crippen LogP contribution in [-0.4, -0.2) is 36.8 Å². The summed E-state index contributed by atoms with van der Waals surface area (Å²) in [5.41, 5.74) is 2.27. The summed E-state index contributed by atoms with van der Waals surface area (Å²) in [6, 6.07) is 27.1. The zero-order valence-electron chi connectivity index (χ0n) is 18.5. The van der Waals surface area contributed by atoms with Gasteiger partial charge < -0.3 is 18.9 Å². The number of carbonyl (C=O) groups is 1. The van der Waals surface area contributed by atoms with Crippen LogP contribution in [0.1, 0.15) is 16.7 Å². The number of rotatable bonds is 10. The molecule has 0 aromatic heterocycles. The van der Waals surface area contributed by atoms with Crippen LogP contribution in [0, 0.1) is 0 Å². The Balaban J connectivity index is 1.47. The standard InChI is InChI=1S/C27H26F2O5/c28-27(29)24(32-17-21-12-6-2-7-13-21)23(19-31-16-20-10-4-1-5-11-20)34-26(30)25(27)33-18-22-14-8-3-9-15-22/h1-15,23-25H,16-19H2/t23-,24-,25+/m1/s1. The van der Waals surface area contributed by atoms with Gasteiger partial charge in [0.05, 0.1) is 26.4 Å². The Morgan fingerprint density at radius 3 is 1.71 bits per heavy atom. The van der Waals surface area contributed by atoms with Crippen molar-refractivity contribution in [2.75, 3.05) is 6.61 Å². The van der Waals surface area contributed by atoms with Crippen molar-refractivity contribution < 1.29 is 32.5 Å². The predicted molar refractivity (Wildman–Crippen MR) is 121 cm³/mol. The molecule has 1 fully saturated rings. The van der Waals surface area contributed by atoms with Gasteiger partial charge in [0.1, 0.15) is 0 Å². The first kappa shape index (κ1) is 24.0. The molecule has 34 heavy (non-hydrogen) atoms. The fourth-order valence-electron chi connectivity index (χ4n) is 3.73. The van der Waals surface area contributed by atoms with Gasteiger partial charge in [-0.15, -0.1) is 0 Å². The van der Waals surface area contributed by atoms with Gasteiger partial charge >= 0.3 is 11.9 Å². The second kappa shape index (κ2) is 11.3. The van der Waals surface area contributed by atoms with Crippen molar-refractivity contribution in [3.63, 3.8) is 0 Å². The summed E-state index contributed by atoms with van der Waals surface area (Å²) >= 11 is 0. The second-order valence-corrected chi connectivity index (χ2v) is 8.04. The van der Waals surface area contributed by atoms with Gasteiger partial charge in [-0.05, 0) is 16.7 Å². The zero-order chi connectivity index (χ0) is 23.8. The molecule has 5 nitrogen and oxygen atoms in total. The van der Waals surface area contributed by atoms with Crippen LogP contribution >= 0.6 is 0 Å². The maximum atomic E-state index is 15.6. The quantitative estimate of drug-likeness (QED) is 0.395. The SMILES string of the molecule is O=C1O[C@H](COCc2ccccc2)[C@@H](OCc2ccccc2)C(F)(F)[C@H]1OCc1ccccc1. The van der Waals surface area contributed by atoms with Crippen LogP contribution in [0.4, 0.5) is 8.78 Å². The van der Waals surface area contributed by atoms with Crippen molar-refractivity contribution in [3.8, 4) is 0 Å². The third-order valence-electron chi connectivity index (χ3n) is 5.47. The smallest absolute Gasteiger partial charge is 0.342 e. The minimum absolute atomic E-state index is 0.0702. The topological polar surface area (TPSA) is 54.0 Å². The molecular weight excluding hydrogens is 442 g/mol. The third-order valence-corrected chi connectivity index (χ3v) is 5.47. The number of esters is 1. The van der Waals surface area contributed by atoms with Gasteiger partial charge in [0, 0.05) is 0 Å². The van der Waals surface area contributed by atoms with Crippen LogP contribution in [-0.2, 0) is 43.6 Å². The van der Waals surface area contributed by atoms with E-state index in [9.17, 15) is 4.79 Å². The van der Waals surface area contributed by atoms with Gasteiger partial charge in [-0.3, -0.25) is 0 Å². The minimum Gasteiger partial charge on any atom is -0.455 e. The molecule has 1 heterocycles. The summed E-state index contributed by atoms with van der Waals surface area (Å²) in [5, 5.41) is 0. The zero-order valence-corrected chi connectivity index (χ0v) is 18.5. The Kier molecular flexibility index (Phi) is 8.00. The van der Waals surface area contributed by atoms with E-state index in [0.29, 0.717) is 5.56 Å². The highest BCUT2D eigenvalue weighted by atomic mass is 19.3. The molecule has 0 bridgehead atoms. The molecule has 0 amide bonds. The number of hydrogen-bond acceptors (Lipinski definition) is 5. The molecule has 0 aliphatic carbocycles. The molecule has 3 atom stereocenters. The summed E-state index contributed by atoms with van der Waals surface area (Å²) in [6.45, 7) is -0.267. The van der Waals surface area contributed by atoms with Crippen molar-refractivity contribution in [1.29, 1.82) is 0 Å². The number of alkyl halides is 2. The first-order valence-electron chi connectivity index (χ1n) is 11.0. The van der Waals surface area contributed by atoms with Crippen molar-refractivity contribution in [3.05, 3.63) is 108 Å². The largest absolute Gasteiger partial charge is 0.455 e. The van der Waals surface area contributed by atoms with E-state index < -0.39 is 30.2 Å². The number of benzene rings is 3. The molecule has 3 aromatic rings. The van der Waals surface area contributed by atoms with Crippen LogP contribution in [0.15, 0.2) is 91.0 Å². The van der Waals surface area contributed by atoms with Gasteiger partial charge in [0.25, 0.3) is 0 Å². The molecule has 1 saturated heterocycles. The van der Waals surface area contributed by atoms with Gasteiger partial charge in [0.2, 0.25) is 6.10 Å². The lowest BCUT2D eigenvalue weighted by atomic mass is 9.98. The van der Waals surface area contributed by atoms with Gasteiger partial charge in [0.15, 0.2) is 12.2 Å². The Morgan fingerprint density at radius 1 is 0.706 bits per heavy atom. The lowest BCUT2D eigenvalue weighted by molar-refractivity contribution is -0.278. The fourth-order valence-corrected chi connectivity index (χ4v) is 3.73. The molecular formula is C27H26F2O5. The third kappa shape index (κ3) is 6.05. The summed E-state index contributed by atoms with van der Waals surface area (Å²) < 4.78 is 53.1. The Morgan fingerprint density at radius 2 is 1.18 bits per heavy atom. The van der Waals surface area contributed by atoms with Crippen LogP contribution in [0.2, 0.25) is 0 Å². The maximum Gasteiger partial charge on any atom is 0.342 e. The summed E-state index contributed by atoms with van der Waals surface area (Å²) in [4.78, 5) is 12.6. The number of hydrogen-bond donors (Lipinski definition) is 0. The molecule has 178 valence electrons. The van der Waals surface area contributed by atoms with E-state index in [4.69, 9.17) is 18.9 Å². The van der Waals surface area contributed by atoms with Crippen molar-refractivity contribution >= 4 is 5.97 Å². The summed E-state index contributed by atoms with van der Waals surface area (Å²) in [7, 11) is 0. The Hall–Kier alpha value is -3.13. The first-order valence-corrected chi connectivity index (χ1v) is 11.0. The van der Waals surface area contributed by atoms with E-state index >= 15 is 8.78 Å². The van der Waals surface area contributed by atoms with E-state index in [-0.39, 0.29) is 26.4 Å². The lowest BCUT2D eigenvalue weighted by Crippen LogP contribution is -2.63. The Bertz CT molecular complexity index is 1030. The highest BCUT2D eigenvalue weighted by Gasteiger charge is 2.61. The van der Waals surface area contributed by atoms with Crippen molar-refractivity contribution in [1.82, 2.24) is 0 Å². The highest BCUT2D eigenvalue weighted by Crippen LogP contribution is 2.37. The van der Waals surface area contributed by atoms with Crippen molar-refractivity contribution in [2.45, 2.75) is 44.1 Å². The number of ether oxygens (including phenoxy) is 4.